The van der Waals surface area contributed by atoms with Gasteiger partial charge in [0.05, 0.1) is 31.5 Å². The van der Waals surface area contributed by atoms with E-state index >= 15 is 0 Å². The van der Waals surface area contributed by atoms with Crippen LogP contribution in [0.1, 0.15) is 70.6 Å². The van der Waals surface area contributed by atoms with Gasteiger partial charge in [-0.3, -0.25) is 4.79 Å². The van der Waals surface area contributed by atoms with Crippen molar-refractivity contribution < 1.29 is 53.9 Å². The summed E-state index contributed by atoms with van der Waals surface area (Å²) in [5.41, 5.74) is 0. The zero-order valence-corrected chi connectivity index (χ0v) is 23.6. The van der Waals surface area contributed by atoms with E-state index in [0.717, 1.165) is 56.7 Å². The number of carbonyl (C=O) groups excluding carboxylic acids is 3. The van der Waals surface area contributed by atoms with E-state index in [4.69, 9.17) is 19.0 Å². The van der Waals surface area contributed by atoms with Gasteiger partial charge < -0.3 is 49.2 Å². The molecule has 1 amide bonds. The third kappa shape index (κ3) is 12.9. The Labute approximate surface area is 236 Å². The van der Waals surface area contributed by atoms with Crippen LogP contribution in [0.15, 0.2) is 0 Å². The van der Waals surface area contributed by atoms with Gasteiger partial charge in [-0.1, -0.05) is 6.42 Å². The van der Waals surface area contributed by atoms with Crippen LogP contribution in [0.25, 0.3) is 0 Å². The monoisotopic (exact) mass is 576 g/mol. The third-order valence-corrected chi connectivity index (χ3v) is 7.22. The molecule has 0 aromatic rings. The Bertz CT molecular complexity index is 743. The van der Waals surface area contributed by atoms with Crippen molar-refractivity contribution in [2.24, 2.45) is 0 Å². The van der Waals surface area contributed by atoms with Crippen molar-refractivity contribution in [1.29, 1.82) is 0 Å². The largest absolute Gasteiger partial charge is 0.394 e. The molecule has 2 saturated heterocycles. The maximum Gasteiger partial charge on any atom is 0.332 e. The standard InChI is InChI=1S/C27H48N2O11/c1-28(24(34)10-6-15-30)40-25(35)11-3-2-4-12-29(13-5-9-22-20(32)8-7-16-37-22)14-17-38-26-18-21(33)27(36)23(19-31)39-26/h15,20-23,26-27,31-33,36H,2-14,16-19H2,1H3/t20?,21?,22?,23?,26-,27-/m0/s1. The van der Waals surface area contributed by atoms with Gasteiger partial charge in [-0.15, -0.1) is 0 Å². The Kier molecular flexibility index (Phi) is 16.7. The molecule has 2 aliphatic heterocycles. The van der Waals surface area contributed by atoms with Crippen molar-refractivity contribution >= 4 is 18.2 Å². The maximum atomic E-state index is 12.0. The van der Waals surface area contributed by atoms with Gasteiger partial charge in [0.25, 0.3) is 5.91 Å². The topological polar surface area (TPSA) is 176 Å². The summed E-state index contributed by atoms with van der Waals surface area (Å²) in [4.78, 5) is 41.4. The lowest BCUT2D eigenvalue weighted by Gasteiger charge is -2.36. The second kappa shape index (κ2) is 19.4. The lowest BCUT2D eigenvalue weighted by Crippen LogP contribution is -2.50. The first-order valence-electron chi connectivity index (χ1n) is 14.4. The van der Waals surface area contributed by atoms with Crippen molar-refractivity contribution in [1.82, 2.24) is 9.96 Å². The van der Waals surface area contributed by atoms with Crippen molar-refractivity contribution in [2.45, 2.75) is 107 Å². The maximum absolute atomic E-state index is 12.0. The molecule has 13 nitrogen and oxygen atoms in total. The number of rotatable bonds is 18. The fourth-order valence-electron chi connectivity index (χ4n) is 4.81. The summed E-state index contributed by atoms with van der Waals surface area (Å²) in [6, 6.07) is 0. The Morgan fingerprint density at radius 3 is 2.50 bits per heavy atom. The Morgan fingerprint density at radius 2 is 1.77 bits per heavy atom. The highest BCUT2D eigenvalue weighted by Gasteiger charge is 2.36. The van der Waals surface area contributed by atoms with E-state index in [9.17, 15) is 34.8 Å². The van der Waals surface area contributed by atoms with E-state index in [1.807, 2.05) is 0 Å². The highest BCUT2D eigenvalue weighted by molar-refractivity contribution is 5.79. The lowest BCUT2D eigenvalue weighted by atomic mass is 10.0. The number of aliphatic hydroxyl groups excluding tert-OH is 4. The summed E-state index contributed by atoms with van der Waals surface area (Å²) >= 11 is 0. The second-order valence-corrected chi connectivity index (χ2v) is 10.4. The minimum atomic E-state index is -1.15. The number of unbranched alkanes of at least 4 members (excludes halogenated alkanes) is 2. The molecule has 0 aromatic heterocycles. The van der Waals surface area contributed by atoms with Crippen LogP contribution in [0.3, 0.4) is 0 Å². The zero-order chi connectivity index (χ0) is 29.3. The second-order valence-electron chi connectivity index (χ2n) is 10.4. The predicted molar refractivity (Wildman–Crippen MR) is 142 cm³/mol. The number of aliphatic hydroxyl groups is 4. The molecule has 0 bridgehead atoms. The fraction of sp³-hybridized carbons (Fsp3) is 0.889. The number of ether oxygens (including phenoxy) is 3. The van der Waals surface area contributed by atoms with Crippen LogP contribution in [-0.4, -0.2) is 132 Å². The van der Waals surface area contributed by atoms with Crippen LogP contribution in [0.2, 0.25) is 0 Å². The summed E-state index contributed by atoms with van der Waals surface area (Å²) in [6.45, 7) is 2.68. The Morgan fingerprint density at radius 1 is 1.00 bits per heavy atom. The summed E-state index contributed by atoms with van der Waals surface area (Å²) < 4.78 is 17.0. The lowest BCUT2D eigenvalue weighted by molar-refractivity contribution is -0.257. The van der Waals surface area contributed by atoms with Crippen LogP contribution in [0, 0.1) is 0 Å². The van der Waals surface area contributed by atoms with Crippen LogP contribution < -0.4 is 0 Å². The van der Waals surface area contributed by atoms with E-state index < -0.39 is 49.2 Å². The SMILES string of the molecule is CN(OC(=O)CCCCCN(CCCC1OCCCC1O)CCO[C@@H]1CC(O)[C@H](O)C(CO)O1)C(=O)CCC=O. The molecule has 40 heavy (non-hydrogen) atoms. The Balaban J connectivity index is 1.73. The van der Waals surface area contributed by atoms with Gasteiger partial charge in [-0.2, -0.15) is 5.06 Å². The molecular weight excluding hydrogens is 528 g/mol. The molecule has 0 aromatic carbocycles. The van der Waals surface area contributed by atoms with E-state index in [2.05, 4.69) is 4.90 Å². The van der Waals surface area contributed by atoms with Crippen molar-refractivity contribution in [3.63, 3.8) is 0 Å². The number of amides is 1. The van der Waals surface area contributed by atoms with Crippen LogP contribution in [0.5, 0.6) is 0 Å². The number of aldehydes is 1. The van der Waals surface area contributed by atoms with Crippen molar-refractivity contribution in [3.8, 4) is 0 Å². The Hall–Kier alpha value is -1.71. The number of carbonyl (C=O) groups is 3. The third-order valence-electron chi connectivity index (χ3n) is 7.22. The highest BCUT2D eigenvalue weighted by Crippen LogP contribution is 2.21. The molecule has 13 heteroatoms. The molecule has 4 N–H and O–H groups in total. The highest BCUT2D eigenvalue weighted by atomic mass is 16.7. The molecule has 0 radical (unpaired) electrons. The average Bonchev–Trinajstić information content (AvgIpc) is 2.93. The van der Waals surface area contributed by atoms with Gasteiger partial charge in [0.2, 0.25) is 0 Å². The molecule has 2 aliphatic rings. The first kappa shape index (κ1) is 34.5. The molecule has 2 rings (SSSR count). The zero-order valence-electron chi connectivity index (χ0n) is 23.6. The summed E-state index contributed by atoms with van der Waals surface area (Å²) in [5, 5.41) is 40.3. The van der Waals surface area contributed by atoms with Crippen molar-refractivity contribution in [3.05, 3.63) is 0 Å². The average molecular weight is 577 g/mol. The molecular formula is C27H48N2O11. The summed E-state index contributed by atoms with van der Waals surface area (Å²) in [6.07, 6.45) is 2.00. The molecule has 2 heterocycles. The van der Waals surface area contributed by atoms with E-state index in [1.54, 1.807) is 0 Å². The van der Waals surface area contributed by atoms with Gasteiger partial charge in [0.1, 0.15) is 18.5 Å². The first-order valence-corrected chi connectivity index (χ1v) is 14.4. The van der Waals surface area contributed by atoms with Gasteiger partial charge in [-0.25, -0.2) is 4.79 Å². The molecule has 0 aliphatic carbocycles. The molecule has 232 valence electrons. The van der Waals surface area contributed by atoms with Gasteiger partial charge >= 0.3 is 5.97 Å². The van der Waals surface area contributed by atoms with E-state index in [-0.39, 0.29) is 31.8 Å². The van der Waals surface area contributed by atoms with E-state index in [0.29, 0.717) is 32.5 Å². The predicted octanol–water partition coefficient (Wildman–Crippen LogP) is -0.0897. The van der Waals surface area contributed by atoms with Crippen molar-refractivity contribution in [2.75, 3.05) is 46.5 Å². The van der Waals surface area contributed by atoms with Crippen LogP contribution in [0.4, 0.5) is 0 Å². The molecule has 2 fully saturated rings. The normalized spacial score (nSPS) is 26.9. The number of hydroxylamine groups is 2. The van der Waals surface area contributed by atoms with Crippen LogP contribution in [-0.2, 0) is 33.4 Å². The van der Waals surface area contributed by atoms with Gasteiger partial charge in [-0.05, 0) is 51.6 Å². The molecule has 4 unspecified atom stereocenters. The quantitative estimate of drug-likeness (QED) is 0.0971. The minimum absolute atomic E-state index is 0.00388. The number of nitrogens with zero attached hydrogens (tertiary/aromatic N) is 2. The summed E-state index contributed by atoms with van der Waals surface area (Å²) in [5.74, 6) is -0.931. The molecule has 0 spiro atoms. The molecule has 0 saturated carbocycles. The van der Waals surface area contributed by atoms with Crippen LogP contribution >= 0.6 is 0 Å². The minimum Gasteiger partial charge on any atom is -0.394 e. The summed E-state index contributed by atoms with van der Waals surface area (Å²) in [7, 11) is 1.35. The number of hydrogen-bond donors (Lipinski definition) is 4. The van der Waals surface area contributed by atoms with E-state index in [1.165, 1.54) is 7.05 Å². The van der Waals surface area contributed by atoms with Gasteiger partial charge in [0.15, 0.2) is 6.29 Å². The number of hydrogen-bond acceptors (Lipinski definition) is 12. The van der Waals surface area contributed by atoms with Gasteiger partial charge in [0, 0.05) is 45.9 Å². The first-order chi connectivity index (χ1) is 19.2. The fourth-order valence-corrected chi connectivity index (χ4v) is 4.81. The molecule has 6 atom stereocenters. The smallest absolute Gasteiger partial charge is 0.332 e.